The van der Waals surface area contributed by atoms with Crippen molar-refractivity contribution in [2.75, 3.05) is 0 Å². The lowest BCUT2D eigenvalue weighted by Crippen LogP contribution is -1.86. The lowest BCUT2D eigenvalue weighted by atomic mass is 9.98. The lowest BCUT2D eigenvalue weighted by Gasteiger charge is -2.08. The Morgan fingerprint density at radius 3 is 1.80 bits per heavy atom. The molecule has 0 spiro atoms. The van der Waals surface area contributed by atoms with Crippen LogP contribution in [-0.2, 0) is 0 Å². The van der Waals surface area contributed by atoms with Crippen molar-refractivity contribution in [3.63, 3.8) is 0 Å². The molecule has 0 aliphatic rings. The quantitative estimate of drug-likeness (QED) is 0.417. The molecule has 0 bridgehead atoms. The highest BCUT2D eigenvalue weighted by Crippen LogP contribution is 2.32. The molecule has 4 rings (SSSR count). The molecule has 0 aliphatic heterocycles. The van der Waals surface area contributed by atoms with E-state index in [1.807, 2.05) is 20.0 Å². The molecule has 98 valence electrons. The number of nitrogens with zero attached hydrogens (tertiary/aromatic N) is 2. The van der Waals surface area contributed by atoms with Gasteiger partial charge in [0.15, 0.2) is 0 Å². The number of hydrogen-bond donors (Lipinski definition) is 0. The summed E-state index contributed by atoms with van der Waals surface area (Å²) < 4.78 is 0. The molecule has 0 amide bonds. The molecule has 0 saturated carbocycles. The molecule has 2 heteroatoms. The van der Waals surface area contributed by atoms with Crippen LogP contribution in [0.4, 0.5) is 0 Å². The summed E-state index contributed by atoms with van der Waals surface area (Å²) in [6.07, 6.45) is 3.51. The summed E-state index contributed by atoms with van der Waals surface area (Å²) in [5.41, 5.74) is 1.03. The van der Waals surface area contributed by atoms with Gasteiger partial charge in [0.05, 0.1) is 5.52 Å². The third-order valence-electron chi connectivity index (χ3n) is 3.40. The molecule has 3 aromatic carbocycles. The van der Waals surface area contributed by atoms with Crippen molar-refractivity contribution in [1.29, 1.82) is 0 Å². The van der Waals surface area contributed by atoms with Crippen molar-refractivity contribution >= 4 is 32.4 Å². The van der Waals surface area contributed by atoms with E-state index in [0.29, 0.717) is 0 Å². The second-order valence-corrected chi connectivity index (χ2v) is 4.38. The third-order valence-corrected chi connectivity index (χ3v) is 3.40. The number of fused-ring (bicyclic) bond motifs is 6. The molecule has 0 radical (unpaired) electrons. The summed E-state index contributed by atoms with van der Waals surface area (Å²) in [7, 11) is 0. The Hall–Kier alpha value is -2.48. The van der Waals surface area contributed by atoms with Gasteiger partial charge in [0.1, 0.15) is 6.33 Å². The van der Waals surface area contributed by atoms with Crippen molar-refractivity contribution in [3.8, 4) is 0 Å². The van der Waals surface area contributed by atoms with E-state index in [2.05, 4.69) is 58.5 Å². The highest BCUT2D eigenvalue weighted by atomic mass is 14.8. The molecule has 0 atom stereocenters. The smallest absolute Gasteiger partial charge is 0.116 e. The van der Waals surface area contributed by atoms with Crippen LogP contribution < -0.4 is 0 Å². The van der Waals surface area contributed by atoms with Crippen LogP contribution in [0.3, 0.4) is 0 Å². The van der Waals surface area contributed by atoms with E-state index in [9.17, 15) is 0 Å². The minimum absolute atomic E-state index is 1.03. The monoisotopic (exact) mass is 260 g/mol. The Kier molecular flexibility index (Phi) is 3.30. The molecule has 1 aromatic heterocycles. The second kappa shape index (κ2) is 5.25. The van der Waals surface area contributed by atoms with Gasteiger partial charge in [-0.1, -0.05) is 62.4 Å². The summed E-state index contributed by atoms with van der Waals surface area (Å²) >= 11 is 0. The van der Waals surface area contributed by atoms with E-state index < -0.39 is 0 Å². The SMILES string of the molecule is CC.c1ccc2c(c1)c1ccccc1c1ncncc21. The van der Waals surface area contributed by atoms with Crippen LogP contribution in [0.5, 0.6) is 0 Å². The Bertz CT molecular complexity index is 661. The third kappa shape index (κ3) is 1.81. The minimum atomic E-state index is 1.03. The van der Waals surface area contributed by atoms with Gasteiger partial charge < -0.3 is 0 Å². The van der Waals surface area contributed by atoms with Crippen LogP contribution >= 0.6 is 0 Å². The first kappa shape index (κ1) is 12.5. The number of rotatable bonds is 0. The molecule has 0 aliphatic carbocycles. The molecule has 0 fully saturated rings. The number of hydrogen-bond acceptors (Lipinski definition) is 2. The van der Waals surface area contributed by atoms with Crippen LogP contribution in [0.2, 0.25) is 0 Å². The van der Waals surface area contributed by atoms with E-state index in [4.69, 9.17) is 0 Å². The highest BCUT2D eigenvalue weighted by Gasteiger charge is 2.07. The van der Waals surface area contributed by atoms with Gasteiger partial charge in [0, 0.05) is 17.0 Å². The van der Waals surface area contributed by atoms with Crippen LogP contribution in [-0.4, -0.2) is 9.97 Å². The van der Waals surface area contributed by atoms with Crippen molar-refractivity contribution in [3.05, 3.63) is 61.1 Å². The van der Waals surface area contributed by atoms with E-state index in [1.54, 1.807) is 6.33 Å². The largest absolute Gasteiger partial charge is 0.244 e. The molecule has 1 heterocycles. The molecule has 4 aromatic rings. The van der Waals surface area contributed by atoms with Gasteiger partial charge in [-0.05, 0) is 16.2 Å². The van der Waals surface area contributed by atoms with Crippen molar-refractivity contribution in [2.24, 2.45) is 0 Å². The maximum atomic E-state index is 4.45. The fourth-order valence-corrected chi connectivity index (χ4v) is 2.62. The molecule has 0 unspecified atom stereocenters. The summed E-state index contributed by atoms with van der Waals surface area (Å²) in [6, 6.07) is 16.8. The maximum Gasteiger partial charge on any atom is 0.116 e. The van der Waals surface area contributed by atoms with Gasteiger partial charge in [0.2, 0.25) is 0 Å². The van der Waals surface area contributed by atoms with E-state index in [-0.39, 0.29) is 0 Å². The van der Waals surface area contributed by atoms with E-state index in [1.165, 1.54) is 21.5 Å². The average Bonchev–Trinajstić information content (AvgIpc) is 2.57. The Morgan fingerprint density at radius 1 is 0.650 bits per heavy atom. The van der Waals surface area contributed by atoms with Crippen molar-refractivity contribution in [1.82, 2.24) is 9.97 Å². The Balaban J connectivity index is 0.000000581. The summed E-state index contributed by atoms with van der Waals surface area (Å²) in [5.74, 6) is 0. The maximum absolute atomic E-state index is 4.45. The van der Waals surface area contributed by atoms with Gasteiger partial charge in [0.25, 0.3) is 0 Å². The van der Waals surface area contributed by atoms with E-state index in [0.717, 1.165) is 10.9 Å². The molecule has 0 N–H and O–H groups in total. The van der Waals surface area contributed by atoms with Crippen molar-refractivity contribution < 1.29 is 0 Å². The Labute approximate surface area is 118 Å². The zero-order valence-electron chi connectivity index (χ0n) is 11.7. The predicted molar refractivity (Wildman–Crippen MR) is 85.9 cm³/mol. The van der Waals surface area contributed by atoms with Gasteiger partial charge in [-0.25, -0.2) is 9.97 Å². The van der Waals surface area contributed by atoms with Gasteiger partial charge in [-0.2, -0.15) is 0 Å². The summed E-state index contributed by atoms with van der Waals surface area (Å²) in [5, 5.41) is 6.03. The lowest BCUT2D eigenvalue weighted by molar-refractivity contribution is 1.23. The zero-order chi connectivity index (χ0) is 13.9. The summed E-state index contributed by atoms with van der Waals surface area (Å²) in [6.45, 7) is 4.00. The topological polar surface area (TPSA) is 25.8 Å². The van der Waals surface area contributed by atoms with Crippen LogP contribution in [0.15, 0.2) is 61.1 Å². The first-order valence-corrected chi connectivity index (χ1v) is 6.94. The van der Waals surface area contributed by atoms with Gasteiger partial charge in [-0.15, -0.1) is 0 Å². The average molecular weight is 260 g/mol. The fourth-order valence-electron chi connectivity index (χ4n) is 2.62. The first-order chi connectivity index (χ1) is 9.95. The van der Waals surface area contributed by atoms with Crippen LogP contribution in [0, 0.1) is 0 Å². The van der Waals surface area contributed by atoms with Gasteiger partial charge >= 0.3 is 0 Å². The second-order valence-electron chi connectivity index (χ2n) is 4.38. The number of aromatic nitrogens is 2. The molecule has 0 saturated heterocycles. The fraction of sp³-hybridized carbons (Fsp3) is 0.111. The van der Waals surface area contributed by atoms with Gasteiger partial charge in [-0.3, -0.25) is 0 Å². The molecular weight excluding hydrogens is 244 g/mol. The zero-order valence-corrected chi connectivity index (χ0v) is 11.7. The molecule has 20 heavy (non-hydrogen) atoms. The normalized spacial score (nSPS) is 10.5. The van der Waals surface area contributed by atoms with E-state index >= 15 is 0 Å². The van der Waals surface area contributed by atoms with Crippen LogP contribution in [0.25, 0.3) is 32.4 Å². The predicted octanol–water partition coefficient (Wildman–Crippen LogP) is 4.96. The minimum Gasteiger partial charge on any atom is -0.244 e. The summed E-state index contributed by atoms with van der Waals surface area (Å²) in [4.78, 5) is 8.61. The standard InChI is InChI=1S/C16H10N2.C2H6/c1-2-7-13-11(5-1)12-6-3-4-8-14(12)16-15(13)9-17-10-18-16;1-2/h1-10H;1-2H3. The Morgan fingerprint density at radius 2 is 1.15 bits per heavy atom. The molecule has 2 nitrogen and oxygen atoms in total. The highest BCUT2D eigenvalue weighted by molar-refractivity contribution is 6.23. The number of benzene rings is 3. The first-order valence-electron chi connectivity index (χ1n) is 6.94. The van der Waals surface area contributed by atoms with Crippen LogP contribution in [0.1, 0.15) is 13.8 Å². The van der Waals surface area contributed by atoms with Crippen molar-refractivity contribution in [2.45, 2.75) is 13.8 Å². The molecular formula is C18H16N2.